The fourth-order valence-electron chi connectivity index (χ4n) is 2.02. The summed E-state index contributed by atoms with van der Waals surface area (Å²) < 4.78 is 23.2. The topological polar surface area (TPSA) is 89.0 Å². The predicted octanol–water partition coefficient (Wildman–Crippen LogP) is 2.86. The van der Waals surface area contributed by atoms with E-state index in [4.69, 9.17) is 0 Å². The zero-order chi connectivity index (χ0) is 17.2. The Morgan fingerprint density at radius 2 is 2.04 bits per heavy atom. The summed E-state index contributed by atoms with van der Waals surface area (Å²) in [4.78, 5) is 20.8. The highest BCUT2D eigenvalue weighted by Crippen LogP contribution is 2.24. The van der Waals surface area contributed by atoms with E-state index < -0.39 is 15.7 Å². The second kappa shape index (κ2) is 6.50. The number of nitrogens with zero attached hydrogens (tertiary/aromatic N) is 2. The Kier molecular flexibility index (Phi) is 4.41. The first kappa shape index (κ1) is 16.3. The van der Waals surface area contributed by atoms with Gasteiger partial charge in [0.1, 0.15) is 0 Å². The zero-order valence-electron chi connectivity index (χ0n) is 12.6. The quantitative estimate of drug-likeness (QED) is 0.774. The van der Waals surface area contributed by atoms with E-state index in [0.717, 1.165) is 11.8 Å². The number of anilines is 1. The van der Waals surface area contributed by atoms with Gasteiger partial charge in [-0.25, -0.2) is 13.4 Å². The van der Waals surface area contributed by atoms with Crippen molar-refractivity contribution in [1.29, 1.82) is 0 Å². The maximum Gasteiger partial charge on any atom is 0.257 e. The van der Waals surface area contributed by atoms with Crippen LogP contribution < -0.4 is 5.32 Å². The molecule has 0 saturated heterocycles. The van der Waals surface area contributed by atoms with Crippen molar-refractivity contribution in [2.45, 2.75) is 4.90 Å². The Morgan fingerprint density at radius 1 is 1.21 bits per heavy atom. The van der Waals surface area contributed by atoms with Crippen LogP contribution in [0.4, 0.5) is 5.13 Å². The van der Waals surface area contributed by atoms with Crippen molar-refractivity contribution in [3.63, 3.8) is 0 Å². The molecule has 0 spiro atoms. The lowest BCUT2D eigenvalue weighted by Crippen LogP contribution is -2.12. The summed E-state index contributed by atoms with van der Waals surface area (Å²) in [5.41, 5.74) is 1.83. The smallest absolute Gasteiger partial charge is 0.257 e. The van der Waals surface area contributed by atoms with Crippen molar-refractivity contribution in [2.75, 3.05) is 11.6 Å². The minimum Gasteiger partial charge on any atom is -0.298 e. The molecule has 0 atom stereocenters. The van der Waals surface area contributed by atoms with Gasteiger partial charge < -0.3 is 0 Å². The molecule has 6 nitrogen and oxygen atoms in total. The number of hydrogen-bond donors (Lipinski definition) is 1. The largest absolute Gasteiger partial charge is 0.298 e. The summed E-state index contributed by atoms with van der Waals surface area (Å²) >= 11 is 1.29. The second-order valence-corrected chi connectivity index (χ2v) is 7.91. The van der Waals surface area contributed by atoms with Crippen LogP contribution in [0.15, 0.2) is 59.1 Å². The Morgan fingerprint density at radius 3 is 2.75 bits per heavy atom. The van der Waals surface area contributed by atoms with Gasteiger partial charge in [-0.2, -0.15) is 0 Å². The molecule has 122 valence electrons. The minimum absolute atomic E-state index is 0.102. The van der Waals surface area contributed by atoms with Crippen molar-refractivity contribution in [3.05, 3.63) is 59.7 Å². The normalized spacial score (nSPS) is 11.2. The van der Waals surface area contributed by atoms with E-state index in [-0.39, 0.29) is 10.5 Å². The van der Waals surface area contributed by atoms with Gasteiger partial charge >= 0.3 is 0 Å². The van der Waals surface area contributed by atoms with Gasteiger partial charge in [0.2, 0.25) is 0 Å². The number of thiazole rings is 1. The molecule has 1 aromatic carbocycles. The first-order valence-electron chi connectivity index (χ1n) is 6.91. The summed E-state index contributed by atoms with van der Waals surface area (Å²) in [6, 6.07) is 9.58. The molecule has 8 heteroatoms. The Bertz CT molecular complexity index is 983. The molecule has 0 unspecified atom stereocenters. The molecule has 0 radical (unpaired) electrons. The van der Waals surface area contributed by atoms with Crippen LogP contribution in [0, 0.1) is 0 Å². The molecular weight excluding hydrogens is 346 g/mol. The van der Waals surface area contributed by atoms with Crippen molar-refractivity contribution < 1.29 is 13.2 Å². The molecule has 2 aromatic heterocycles. The van der Waals surface area contributed by atoms with Gasteiger partial charge in [-0.05, 0) is 30.3 Å². The lowest BCUT2D eigenvalue weighted by Gasteiger charge is -2.04. The van der Waals surface area contributed by atoms with Gasteiger partial charge in [0.15, 0.2) is 15.0 Å². The van der Waals surface area contributed by atoms with Gasteiger partial charge in [-0.3, -0.25) is 15.1 Å². The lowest BCUT2D eigenvalue weighted by atomic mass is 10.2. The zero-order valence-corrected chi connectivity index (χ0v) is 14.3. The average molecular weight is 359 g/mol. The maximum atomic E-state index is 12.3. The van der Waals surface area contributed by atoms with Crippen molar-refractivity contribution >= 4 is 32.2 Å². The SMILES string of the molecule is CS(=O)(=O)c1cccc(C(=O)Nc2nc(-c3cccnc3)cs2)c1. The van der Waals surface area contributed by atoms with E-state index in [1.54, 1.807) is 18.5 Å². The molecule has 1 N–H and O–H groups in total. The summed E-state index contributed by atoms with van der Waals surface area (Å²) in [7, 11) is -3.36. The molecule has 0 bridgehead atoms. The van der Waals surface area contributed by atoms with Crippen molar-refractivity contribution in [3.8, 4) is 11.3 Å². The highest BCUT2D eigenvalue weighted by Gasteiger charge is 2.13. The number of aromatic nitrogens is 2. The number of sulfone groups is 1. The molecule has 0 aliphatic rings. The van der Waals surface area contributed by atoms with Gasteiger partial charge in [0.05, 0.1) is 10.6 Å². The standard InChI is InChI=1S/C16H13N3O3S2/c1-24(21,22)13-6-2-4-11(8-13)15(20)19-16-18-14(10-23-16)12-5-3-7-17-9-12/h2-10H,1H3,(H,18,19,20). The van der Waals surface area contributed by atoms with E-state index in [1.165, 1.54) is 29.5 Å². The Hall–Kier alpha value is -2.58. The van der Waals surface area contributed by atoms with Crippen molar-refractivity contribution in [2.24, 2.45) is 0 Å². The van der Waals surface area contributed by atoms with Crippen LogP contribution in [0.5, 0.6) is 0 Å². The van der Waals surface area contributed by atoms with E-state index in [2.05, 4.69) is 15.3 Å². The average Bonchev–Trinajstić information content (AvgIpc) is 3.03. The van der Waals surface area contributed by atoms with Crippen LogP contribution in [-0.4, -0.2) is 30.5 Å². The number of rotatable bonds is 4. The highest BCUT2D eigenvalue weighted by atomic mass is 32.2. The molecule has 3 rings (SSSR count). The van der Waals surface area contributed by atoms with E-state index in [0.29, 0.717) is 10.8 Å². The van der Waals surface area contributed by atoms with Crippen LogP contribution in [-0.2, 0) is 9.84 Å². The van der Waals surface area contributed by atoms with E-state index in [1.807, 2.05) is 17.5 Å². The van der Waals surface area contributed by atoms with Crippen LogP contribution >= 0.6 is 11.3 Å². The van der Waals surface area contributed by atoms with Crippen LogP contribution in [0.3, 0.4) is 0 Å². The van der Waals surface area contributed by atoms with Gasteiger partial charge in [0, 0.05) is 35.2 Å². The van der Waals surface area contributed by atoms with Gasteiger partial charge in [-0.15, -0.1) is 11.3 Å². The highest BCUT2D eigenvalue weighted by molar-refractivity contribution is 7.90. The number of carbonyl (C=O) groups is 1. The molecule has 0 aliphatic carbocycles. The molecule has 0 saturated carbocycles. The van der Waals surface area contributed by atoms with Crippen LogP contribution in [0.25, 0.3) is 11.3 Å². The first-order chi connectivity index (χ1) is 11.4. The lowest BCUT2D eigenvalue weighted by molar-refractivity contribution is 0.102. The first-order valence-corrected chi connectivity index (χ1v) is 9.68. The fourth-order valence-corrected chi connectivity index (χ4v) is 3.40. The molecule has 24 heavy (non-hydrogen) atoms. The molecule has 3 aromatic rings. The van der Waals surface area contributed by atoms with Crippen LogP contribution in [0.2, 0.25) is 0 Å². The van der Waals surface area contributed by atoms with Crippen molar-refractivity contribution in [1.82, 2.24) is 9.97 Å². The number of carbonyl (C=O) groups excluding carboxylic acids is 1. The van der Waals surface area contributed by atoms with E-state index in [9.17, 15) is 13.2 Å². The van der Waals surface area contributed by atoms with Gasteiger partial charge in [-0.1, -0.05) is 6.07 Å². The number of hydrogen-bond acceptors (Lipinski definition) is 6. The third-order valence-electron chi connectivity index (χ3n) is 3.21. The summed E-state index contributed by atoms with van der Waals surface area (Å²) in [6.07, 6.45) is 4.47. The molecule has 0 aliphatic heterocycles. The monoisotopic (exact) mass is 359 g/mol. The Labute approximate surface area is 143 Å². The van der Waals surface area contributed by atoms with Gasteiger partial charge in [0.25, 0.3) is 5.91 Å². The predicted molar refractivity (Wildman–Crippen MR) is 92.9 cm³/mol. The summed E-state index contributed by atoms with van der Waals surface area (Å²) in [6.45, 7) is 0. The second-order valence-electron chi connectivity index (χ2n) is 5.03. The molecule has 2 heterocycles. The Balaban J connectivity index is 1.80. The van der Waals surface area contributed by atoms with Crippen LogP contribution in [0.1, 0.15) is 10.4 Å². The minimum atomic E-state index is -3.36. The summed E-state index contributed by atoms with van der Waals surface area (Å²) in [5, 5.41) is 4.93. The number of pyridine rings is 1. The number of amides is 1. The molecular formula is C16H13N3O3S2. The number of benzene rings is 1. The molecule has 0 fully saturated rings. The third kappa shape index (κ3) is 3.66. The number of nitrogens with one attached hydrogen (secondary N) is 1. The summed E-state index contributed by atoms with van der Waals surface area (Å²) in [5.74, 6) is -0.410. The maximum absolute atomic E-state index is 12.3. The fraction of sp³-hybridized carbons (Fsp3) is 0.0625. The van der Waals surface area contributed by atoms with E-state index >= 15 is 0 Å². The third-order valence-corrected chi connectivity index (χ3v) is 5.07. The molecule has 1 amide bonds.